The molecule has 23 heavy (non-hydrogen) atoms. The van der Waals surface area contributed by atoms with Crippen molar-refractivity contribution in [1.29, 1.82) is 0 Å². The van der Waals surface area contributed by atoms with E-state index in [1.165, 1.54) is 0 Å². The van der Waals surface area contributed by atoms with Gasteiger partial charge in [0.2, 0.25) is 0 Å². The lowest BCUT2D eigenvalue weighted by molar-refractivity contribution is -0.574. The first-order chi connectivity index (χ1) is 10.3. The highest BCUT2D eigenvalue weighted by Gasteiger charge is 2.68. The van der Waals surface area contributed by atoms with Gasteiger partial charge in [-0.3, -0.25) is 14.9 Å². The van der Waals surface area contributed by atoms with Crippen molar-refractivity contribution in [2.24, 2.45) is 0 Å². The SMILES string of the molecule is O=C(OCc1ccc([N+](=O)[O-])cc1)C([O-])(C(F)(F)F)C(F)(F)F. The molecule has 0 heterocycles. The summed E-state index contributed by atoms with van der Waals surface area (Å²) in [4.78, 5) is 20.6. The predicted octanol–water partition coefficient (Wildman–Crippen LogP) is 1.86. The van der Waals surface area contributed by atoms with E-state index in [1.807, 2.05) is 0 Å². The van der Waals surface area contributed by atoms with E-state index in [-0.39, 0.29) is 5.56 Å². The van der Waals surface area contributed by atoms with E-state index < -0.39 is 41.1 Å². The third-order valence-corrected chi connectivity index (χ3v) is 2.60. The molecule has 0 unspecified atom stereocenters. The smallest absolute Gasteiger partial charge is 0.399 e. The van der Waals surface area contributed by atoms with Crippen molar-refractivity contribution in [1.82, 2.24) is 0 Å². The van der Waals surface area contributed by atoms with E-state index in [0.717, 1.165) is 24.3 Å². The van der Waals surface area contributed by atoms with Gasteiger partial charge in [-0.25, -0.2) is 0 Å². The highest BCUT2D eigenvalue weighted by atomic mass is 19.4. The molecule has 0 fully saturated rings. The fourth-order valence-electron chi connectivity index (χ4n) is 1.36. The molecule has 0 saturated carbocycles. The highest BCUT2D eigenvalue weighted by molar-refractivity contribution is 5.81. The molecule has 6 nitrogen and oxygen atoms in total. The lowest BCUT2D eigenvalue weighted by Crippen LogP contribution is -2.71. The van der Waals surface area contributed by atoms with Crippen LogP contribution in [-0.2, 0) is 16.1 Å². The Kier molecular flexibility index (Phi) is 4.89. The van der Waals surface area contributed by atoms with Crippen LogP contribution in [0.1, 0.15) is 5.56 Å². The Labute approximate surface area is 123 Å². The maximum Gasteiger partial charge on any atom is 0.399 e. The molecule has 0 amide bonds. The van der Waals surface area contributed by atoms with E-state index in [4.69, 9.17) is 0 Å². The summed E-state index contributed by atoms with van der Waals surface area (Å²) in [5, 5.41) is 21.4. The average Bonchev–Trinajstić information content (AvgIpc) is 2.41. The zero-order chi connectivity index (χ0) is 18.1. The fraction of sp³-hybridized carbons (Fsp3) is 0.364. The van der Waals surface area contributed by atoms with Crippen LogP contribution in [0, 0.1) is 10.1 Å². The molecule has 0 spiro atoms. The van der Waals surface area contributed by atoms with Gasteiger partial charge in [-0.05, 0) is 17.7 Å². The van der Waals surface area contributed by atoms with E-state index in [2.05, 4.69) is 4.74 Å². The van der Waals surface area contributed by atoms with Gasteiger partial charge < -0.3 is 9.84 Å². The van der Waals surface area contributed by atoms with Crippen LogP contribution in [0.15, 0.2) is 24.3 Å². The van der Waals surface area contributed by atoms with Crippen molar-refractivity contribution < 1.29 is 45.9 Å². The van der Waals surface area contributed by atoms with Crippen LogP contribution in [0.2, 0.25) is 0 Å². The summed E-state index contributed by atoms with van der Waals surface area (Å²) in [5.74, 6) is -3.06. The van der Waals surface area contributed by atoms with Crippen LogP contribution < -0.4 is 5.11 Å². The van der Waals surface area contributed by atoms with Crippen molar-refractivity contribution in [3.63, 3.8) is 0 Å². The fourth-order valence-corrected chi connectivity index (χ4v) is 1.36. The minimum absolute atomic E-state index is 0.143. The summed E-state index contributed by atoms with van der Waals surface area (Å²) in [5.41, 5.74) is -6.46. The maximum atomic E-state index is 12.3. The number of hydrogen-bond acceptors (Lipinski definition) is 5. The number of non-ortho nitro benzene ring substituents is 1. The summed E-state index contributed by atoms with van der Waals surface area (Å²) in [6.07, 6.45) is -12.9. The zero-order valence-electron chi connectivity index (χ0n) is 10.8. The Morgan fingerprint density at radius 3 is 1.83 bits per heavy atom. The molecule has 128 valence electrons. The number of carbonyl (C=O) groups is 1. The maximum absolute atomic E-state index is 12.3. The van der Waals surface area contributed by atoms with Gasteiger partial charge in [0.1, 0.15) is 6.61 Å². The molecule has 0 aliphatic heterocycles. The molecule has 0 aliphatic rings. The van der Waals surface area contributed by atoms with Gasteiger partial charge in [0.15, 0.2) is 5.60 Å². The highest BCUT2D eigenvalue weighted by Crippen LogP contribution is 2.41. The number of rotatable bonds is 4. The number of alkyl halides is 6. The Morgan fingerprint density at radius 1 is 1.04 bits per heavy atom. The summed E-state index contributed by atoms with van der Waals surface area (Å²) in [6.45, 7) is -1.09. The minimum atomic E-state index is -6.45. The minimum Gasteiger partial charge on any atom is -0.828 e. The van der Waals surface area contributed by atoms with Gasteiger partial charge >= 0.3 is 18.3 Å². The third-order valence-electron chi connectivity index (χ3n) is 2.60. The van der Waals surface area contributed by atoms with Gasteiger partial charge in [0.25, 0.3) is 5.69 Å². The molecule has 0 aliphatic carbocycles. The summed E-state index contributed by atoms with van der Waals surface area (Å²) in [7, 11) is 0. The van der Waals surface area contributed by atoms with E-state index >= 15 is 0 Å². The number of hydrogen-bond donors (Lipinski definition) is 0. The summed E-state index contributed by atoms with van der Waals surface area (Å²) in [6, 6.07) is 3.67. The topological polar surface area (TPSA) is 92.5 Å². The van der Waals surface area contributed by atoms with Gasteiger partial charge in [0.05, 0.1) is 4.92 Å². The van der Waals surface area contributed by atoms with Crippen LogP contribution in [0.3, 0.4) is 0 Å². The number of nitrogens with zero attached hydrogens (tertiary/aromatic N) is 1. The number of benzene rings is 1. The largest absolute Gasteiger partial charge is 0.828 e. The molecule has 0 N–H and O–H groups in total. The van der Waals surface area contributed by atoms with Crippen LogP contribution in [-0.4, -0.2) is 28.8 Å². The van der Waals surface area contributed by atoms with Crippen LogP contribution in [0.5, 0.6) is 0 Å². The van der Waals surface area contributed by atoms with Crippen LogP contribution in [0.25, 0.3) is 0 Å². The lowest BCUT2D eigenvalue weighted by Gasteiger charge is -2.40. The number of carbonyl (C=O) groups excluding carboxylic acids is 1. The Hall–Kier alpha value is -2.37. The van der Waals surface area contributed by atoms with Crippen molar-refractivity contribution in [3.05, 3.63) is 39.9 Å². The Morgan fingerprint density at radius 2 is 1.48 bits per heavy atom. The van der Waals surface area contributed by atoms with Crippen molar-refractivity contribution >= 4 is 11.7 Å². The quantitative estimate of drug-likeness (QED) is 0.359. The van der Waals surface area contributed by atoms with Gasteiger partial charge in [-0.1, -0.05) is 0 Å². The van der Waals surface area contributed by atoms with E-state index in [9.17, 15) is 46.4 Å². The summed E-state index contributed by atoms with van der Waals surface area (Å²) < 4.78 is 77.6. The van der Waals surface area contributed by atoms with Crippen molar-refractivity contribution in [2.75, 3.05) is 0 Å². The molecule has 0 aromatic heterocycles. The molecule has 0 saturated heterocycles. The molecule has 0 atom stereocenters. The number of ether oxygens (including phenoxy) is 1. The molecular formula is C11H6F6NO5-. The van der Waals surface area contributed by atoms with Gasteiger partial charge in [0, 0.05) is 12.1 Å². The number of nitro groups is 1. The molecular weight excluding hydrogens is 340 g/mol. The number of esters is 1. The molecule has 1 aromatic rings. The van der Waals surface area contributed by atoms with Gasteiger partial charge in [-0.2, -0.15) is 26.3 Å². The van der Waals surface area contributed by atoms with Crippen molar-refractivity contribution in [2.45, 2.75) is 24.6 Å². The monoisotopic (exact) mass is 346 g/mol. The first-order valence-corrected chi connectivity index (χ1v) is 5.55. The van der Waals surface area contributed by atoms with Crippen LogP contribution >= 0.6 is 0 Å². The number of nitro benzene ring substituents is 1. The molecule has 1 aromatic carbocycles. The third kappa shape index (κ3) is 3.70. The predicted molar refractivity (Wildman–Crippen MR) is 57.7 cm³/mol. The Balaban J connectivity index is 2.91. The van der Waals surface area contributed by atoms with Crippen LogP contribution in [0.4, 0.5) is 32.0 Å². The molecule has 0 radical (unpaired) electrons. The average molecular weight is 346 g/mol. The van der Waals surface area contributed by atoms with E-state index in [0.29, 0.717) is 0 Å². The first-order valence-electron chi connectivity index (χ1n) is 5.55. The van der Waals surface area contributed by atoms with Crippen molar-refractivity contribution in [3.8, 4) is 0 Å². The first kappa shape index (κ1) is 18.7. The summed E-state index contributed by atoms with van der Waals surface area (Å²) >= 11 is 0. The normalized spacial score (nSPS) is 12.8. The standard InChI is InChI=1S/C11H6F6NO5/c12-10(13,14)9(20,11(15,16)17)8(19)23-5-6-1-3-7(4-2-6)18(21)22/h1-4H,5H2/q-1. The second kappa shape index (κ2) is 6.02. The second-order valence-electron chi connectivity index (χ2n) is 4.18. The number of halogens is 6. The Bertz CT molecular complexity index is 580. The zero-order valence-corrected chi connectivity index (χ0v) is 10.8. The molecule has 12 heteroatoms. The van der Waals surface area contributed by atoms with E-state index in [1.54, 1.807) is 0 Å². The lowest BCUT2D eigenvalue weighted by atomic mass is 10.0. The molecule has 0 bridgehead atoms. The molecule has 1 rings (SSSR count). The second-order valence-corrected chi connectivity index (χ2v) is 4.18. The van der Waals surface area contributed by atoms with Gasteiger partial charge in [-0.15, -0.1) is 0 Å².